The van der Waals surface area contributed by atoms with Crippen molar-refractivity contribution in [2.75, 3.05) is 26.2 Å². The second kappa shape index (κ2) is 9.58. The molecule has 2 aliphatic heterocycles. The smallest absolute Gasteiger partial charge is 0.225 e. The number of rotatable bonds is 5. The van der Waals surface area contributed by atoms with Crippen molar-refractivity contribution in [2.45, 2.75) is 38.3 Å². The summed E-state index contributed by atoms with van der Waals surface area (Å²) < 4.78 is 7.47. The minimum Gasteiger partial charge on any atom is -0.360 e. The number of fused-ring (bicyclic) bond motifs is 1. The molecule has 2 fully saturated rings. The van der Waals surface area contributed by atoms with Crippen molar-refractivity contribution in [1.82, 2.24) is 34.5 Å². The minimum atomic E-state index is 0.109. The molecule has 0 aliphatic carbocycles. The topological polar surface area (TPSA) is 93.2 Å². The molecule has 0 aromatic carbocycles. The van der Waals surface area contributed by atoms with Gasteiger partial charge in [0.15, 0.2) is 17.2 Å². The fourth-order valence-electron chi connectivity index (χ4n) is 5.44. The molecule has 0 bridgehead atoms. The molecular weight excluding hydrogens is 442 g/mol. The minimum absolute atomic E-state index is 0.109. The molecule has 0 atom stereocenters. The van der Waals surface area contributed by atoms with Gasteiger partial charge >= 0.3 is 0 Å². The average Bonchev–Trinajstić information content (AvgIpc) is 3.57. The van der Waals surface area contributed by atoms with Gasteiger partial charge in [-0.2, -0.15) is 0 Å². The maximum absolute atomic E-state index is 13.3. The molecular formula is C26H29N7O2. The lowest BCUT2D eigenvalue weighted by Gasteiger charge is -2.37. The van der Waals surface area contributed by atoms with Crippen LogP contribution in [0.2, 0.25) is 0 Å². The van der Waals surface area contributed by atoms with Crippen LogP contribution in [0.4, 0.5) is 0 Å². The molecule has 6 heterocycles. The monoisotopic (exact) mass is 471 g/mol. The van der Waals surface area contributed by atoms with Crippen molar-refractivity contribution < 1.29 is 9.32 Å². The summed E-state index contributed by atoms with van der Waals surface area (Å²) in [5.41, 5.74) is 2.61. The number of pyridine rings is 2. The van der Waals surface area contributed by atoms with E-state index < -0.39 is 0 Å². The summed E-state index contributed by atoms with van der Waals surface area (Å²) in [4.78, 5) is 31.8. The van der Waals surface area contributed by atoms with E-state index in [9.17, 15) is 4.79 Å². The van der Waals surface area contributed by atoms with Crippen LogP contribution >= 0.6 is 0 Å². The Bertz CT molecular complexity index is 1270. The van der Waals surface area contributed by atoms with Crippen LogP contribution in [0.3, 0.4) is 0 Å². The zero-order valence-electron chi connectivity index (χ0n) is 19.7. The lowest BCUT2D eigenvalue weighted by atomic mass is 9.93. The number of piperidine rings is 2. The van der Waals surface area contributed by atoms with Crippen LogP contribution in [0.25, 0.3) is 22.7 Å². The fraction of sp³-hybridized carbons (Fsp3) is 0.423. The third-order valence-corrected chi connectivity index (χ3v) is 7.29. The highest BCUT2D eigenvalue weighted by Gasteiger charge is 2.32. The quantitative estimate of drug-likeness (QED) is 0.439. The number of nitrogens with zero attached hydrogens (tertiary/aromatic N) is 7. The highest BCUT2D eigenvalue weighted by molar-refractivity contribution is 5.79. The van der Waals surface area contributed by atoms with Gasteiger partial charge in [-0.15, -0.1) is 0 Å². The zero-order valence-corrected chi connectivity index (χ0v) is 19.7. The summed E-state index contributed by atoms with van der Waals surface area (Å²) in [5.74, 6) is 2.14. The number of likely N-dealkylation sites (tertiary alicyclic amines) is 2. The Morgan fingerprint density at radius 3 is 2.49 bits per heavy atom. The number of hydrogen-bond donors (Lipinski definition) is 0. The standard InChI is InChI=1S/C26H29N7O2/c34-26(19-7-14-31(15-8-19)18-21-6-13-29-35-21)32-16-9-20(10-17-32)33-24-23(5-3-12-28-24)30-25(33)22-4-1-2-11-27-22/h1-6,11-13,19-20H,7-10,14-18H2. The van der Waals surface area contributed by atoms with Crippen molar-refractivity contribution in [3.63, 3.8) is 0 Å². The van der Waals surface area contributed by atoms with Crippen molar-refractivity contribution in [3.8, 4) is 11.5 Å². The van der Waals surface area contributed by atoms with Crippen LogP contribution in [-0.4, -0.2) is 66.6 Å². The molecule has 35 heavy (non-hydrogen) atoms. The SMILES string of the molecule is O=C(C1CCN(Cc2ccno2)CC1)N1CCC(n2c(-c3ccccn3)nc3cccnc32)CC1. The van der Waals surface area contributed by atoms with Gasteiger partial charge in [-0.1, -0.05) is 11.2 Å². The molecule has 1 amide bonds. The summed E-state index contributed by atoms with van der Waals surface area (Å²) in [6.07, 6.45) is 8.85. The molecule has 0 N–H and O–H groups in total. The molecule has 6 rings (SSSR count). The van der Waals surface area contributed by atoms with Crippen molar-refractivity contribution in [2.24, 2.45) is 5.92 Å². The molecule has 180 valence electrons. The van der Waals surface area contributed by atoms with Crippen molar-refractivity contribution in [3.05, 3.63) is 60.7 Å². The number of imidazole rings is 1. The Balaban J connectivity index is 1.12. The first-order valence-corrected chi connectivity index (χ1v) is 12.4. The normalized spacial score (nSPS) is 18.3. The Kier molecular flexibility index (Phi) is 5.99. The molecule has 9 heteroatoms. The number of aromatic nitrogens is 5. The zero-order chi connectivity index (χ0) is 23.6. The number of amides is 1. The predicted molar refractivity (Wildman–Crippen MR) is 130 cm³/mol. The molecule has 9 nitrogen and oxygen atoms in total. The summed E-state index contributed by atoms with van der Waals surface area (Å²) in [5, 5.41) is 3.78. The van der Waals surface area contributed by atoms with Crippen LogP contribution in [0.5, 0.6) is 0 Å². The van der Waals surface area contributed by atoms with Crippen LogP contribution < -0.4 is 0 Å². The van der Waals surface area contributed by atoms with E-state index in [1.165, 1.54) is 0 Å². The number of hydrogen-bond acceptors (Lipinski definition) is 7. The van der Waals surface area contributed by atoms with Gasteiger partial charge in [0.05, 0.1) is 12.7 Å². The van der Waals surface area contributed by atoms with E-state index in [-0.39, 0.29) is 12.0 Å². The molecule has 2 aliphatic rings. The fourth-order valence-corrected chi connectivity index (χ4v) is 5.44. The predicted octanol–water partition coefficient (Wildman–Crippen LogP) is 3.56. The van der Waals surface area contributed by atoms with Gasteiger partial charge in [0.1, 0.15) is 11.2 Å². The van der Waals surface area contributed by atoms with Crippen LogP contribution in [0, 0.1) is 5.92 Å². The molecule has 4 aromatic heterocycles. The maximum Gasteiger partial charge on any atom is 0.225 e. The second-order valence-corrected chi connectivity index (χ2v) is 9.45. The average molecular weight is 472 g/mol. The molecule has 2 saturated heterocycles. The van der Waals surface area contributed by atoms with Crippen LogP contribution in [-0.2, 0) is 11.3 Å². The second-order valence-electron chi connectivity index (χ2n) is 9.45. The Morgan fingerprint density at radius 1 is 0.914 bits per heavy atom. The van der Waals surface area contributed by atoms with Gasteiger partial charge in [0.2, 0.25) is 5.91 Å². The van der Waals surface area contributed by atoms with Gasteiger partial charge < -0.3 is 14.0 Å². The first-order chi connectivity index (χ1) is 17.3. The third-order valence-electron chi connectivity index (χ3n) is 7.29. The van der Waals surface area contributed by atoms with Crippen LogP contribution in [0.1, 0.15) is 37.5 Å². The summed E-state index contributed by atoms with van der Waals surface area (Å²) >= 11 is 0. The molecule has 0 spiro atoms. The lowest BCUT2D eigenvalue weighted by Crippen LogP contribution is -2.45. The first-order valence-electron chi connectivity index (χ1n) is 12.4. The highest BCUT2D eigenvalue weighted by Crippen LogP contribution is 2.33. The summed E-state index contributed by atoms with van der Waals surface area (Å²) in [7, 11) is 0. The van der Waals surface area contributed by atoms with E-state index >= 15 is 0 Å². The Hall–Kier alpha value is -3.59. The van der Waals surface area contributed by atoms with Gasteiger partial charge in [0, 0.05) is 43.5 Å². The van der Waals surface area contributed by atoms with Crippen molar-refractivity contribution >= 4 is 17.1 Å². The molecule has 4 aromatic rings. The van der Waals surface area contributed by atoms with E-state index in [0.717, 1.165) is 86.8 Å². The van der Waals surface area contributed by atoms with E-state index in [1.54, 1.807) is 12.4 Å². The Labute approximate surface area is 203 Å². The van der Waals surface area contributed by atoms with Gasteiger partial charge in [0.25, 0.3) is 0 Å². The molecule has 0 saturated carbocycles. The number of carbonyl (C=O) groups is 1. The van der Waals surface area contributed by atoms with Gasteiger partial charge in [-0.25, -0.2) is 9.97 Å². The largest absolute Gasteiger partial charge is 0.360 e. The number of carbonyl (C=O) groups excluding carboxylic acids is 1. The van der Waals surface area contributed by atoms with Gasteiger partial charge in [-0.3, -0.25) is 14.7 Å². The lowest BCUT2D eigenvalue weighted by molar-refractivity contribution is -0.138. The summed E-state index contributed by atoms with van der Waals surface area (Å²) in [6.45, 7) is 4.10. The van der Waals surface area contributed by atoms with E-state index in [0.29, 0.717) is 5.91 Å². The Morgan fingerprint density at radius 2 is 1.74 bits per heavy atom. The third kappa shape index (κ3) is 4.43. The van der Waals surface area contributed by atoms with Crippen molar-refractivity contribution in [1.29, 1.82) is 0 Å². The van der Waals surface area contributed by atoms with Gasteiger partial charge in [-0.05, 0) is 63.0 Å². The van der Waals surface area contributed by atoms with E-state index in [4.69, 9.17) is 9.51 Å². The van der Waals surface area contributed by atoms with E-state index in [1.807, 2.05) is 42.6 Å². The molecule has 0 radical (unpaired) electrons. The van der Waals surface area contributed by atoms with E-state index in [2.05, 4.69) is 29.5 Å². The maximum atomic E-state index is 13.3. The van der Waals surface area contributed by atoms with Crippen LogP contribution in [0.15, 0.2) is 59.5 Å². The highest BCUT2D eigenvalue weighted by atomic mass is 16.5. The first kappa shape index (κ1) is 21.9. The summed E-state index contributed by atoms with van der Waals surface area (Å²) in [6, 6.07) is 11.9. The molecule has 0 unspecified atom stereocenters.